The molecule has 3 rings (SSSR count). The highest BCUT2D eigenvalue weighted by molar-refractivity contribution is 5.20. The Morgan fingerprint density at radius 2 is 1.93 bits per heavy atom. The van der Waals surface area contributed by atoms with Gasteiger partial charge in [0.2, 0.25) is 0 Å². The Kier molecular flexibility index (Phi) is 8.11. The van der Waals surface area contributed by atoms with Gasteiger partial charge in [0.15, 0.2) is 0 Å². The quantitative estimate of drug-likeness (QED) is 0.634. The predicted molar refractivity (Wildman–Crippen MR) is 123 cm³/mol. The Labute approximate surface area is 178 Å². The third-order valence-corrected chi connectivity index (χ3v) is 7.03. The van der Waals surface area contributed by atoms with Gasteiger partial charge in [0.05, 0.1) is 6.10 Å². The number of nitrogens with zero attached hydrogens (tertiary/aromatic N) is 2. The van der Waals surface area contributed by atoms with Crippen LogP contribution in [0.3, 0.4) is 0 Å². The molecule has 2 fully saturated rings. The second kappa shape index (κ2) is 10.6. The lowest BCUT2D eigenvalue weighted by Gasteiger charge is -2.43. The second-order valence-corrected chi connectivity index (χ2v) is 9.20. The van der Waals surface area contributed by atoms with Gasteiger partial charge in [-0.1, -0.05) is 61.9 Å². The molecule has 3 heteroatoms. The van der Waals surface area contributed by atoms with Crippen LogP contribution in [0.5, 0.6) is 0 Å². The molecular weight excluding hydrogens is 356 g/mol. The minimum Gasteiger partial charge on any atom is -0.393 e. The fourth-order valence-corrected chi connectivity index (χ4v) is 5.31. The molecule has 1 aromatic carbocycles. The molecule has 2 aliphatic rings. The monoisotopic (exact) mass is 396 g/mol. The molecule has 29 heavy (non-hydrogen) atoms. The van der Waals surface area contributed by atoms with Gasteiger partial charge in [-0.2, -0.15) is 0 Å². The molecule has 0 aromatic heterocycles. The lowest BCUT2D eigenvalue weighted by atomic mass is 9.69. The van der Waals surface area contributed by atoms with Gasteiger partial charge in [0.1, 0.15) is 0 Å². The fraction of sp³-hybridized carbons (Fsp3) is 0.615. The molecule has 2 aliphatic heterocycles. The maximum Gasteiger partial charge on any atom is 0.0558 e. The highest BCUT2D eigenvalue weighted by Gasteiger charge is 2.49. The highest BCUT2D eigenvalue weighted by Crippen LogP contribution is 2.46. The Morgan fingerprint density at radius 1 is 1.21 bits per heavy atom. The van der Waals surface area contributed by atoms with Crippen molar-refractivity contribution in [2.45, 2.75) is 59.1 Å². The molecule has 0 radical (unpaired) electrons. The van der Waals surface area contributed by atoms with Crippen LogP contribution in [0, 0.1) is 11.3 Å². The number of aliphatic hydroxyl groups excluding tert-OH is 1. The van der Waals surface area contributed by atoms with E-state index in [9.17, 15) is 5.11 Å². The van der Waals surface area contributed by atoms with E-state index < -0.39 is 0 Å². The van der Waals surface area contributed by atoms with Gasteiger partial charge < -0.3 is 5.11 Å². The van der Waals surface area contributed by atoms with Crippen molar-refractivity contribution in [2.75, 3.05) is 32.7 Å². The summed E-state index contributed by atoms with van der Waals surface area (Å²) < 4.78 is 0. The minimum absolute atomic E-state index is 0.231. The van der Waals surface area contributed by atoms with E-state index in [-0.39, 0.29) is 11.5 Å². The van der Waals surface area contributed by atoms with Gasteiger partial charge >= 0.3 is 0 Å². The first-order valence-corrected chi connectivity index (χ1v) is 11.5. The van der Waals surface area contributed by atoms with Gasteiger partial charge in [0.25, 0.3) is 0 Å². The Morgan fingerprint density at radius 3 is 2.55 bits per heavy atom. The summed E-state index contributed by atoms with van der Waals surface area (Å²) in [6.07, 6.45) is 11.4. The Bertz CT molecular complexity index is 671. The van der Waals surface area contributed by atoms with E-state index in [2.05, 4.69) is 72.2 Å². The molecular formula is C26H40N2O. The molecule has 2 saturated heterocycles. The number of unbranched alkanes of at least 4 members (excludes halogenated alkanes) is 1. The van der Waals surface area contributed by atoms with Gasteiger partial charge in [-0.05, 0) is 62.8 Å². The molecule has 2 atom stereocenters. The van der Waals surface area contributed by atoms with Crippen molar-refractivity contribution in [3.05, 3.63) is 59.7 Å². The van der Waals surface area contributed by atoms with Crippen LogP contribution in [-0.2, 0) is 6.54 Å². The molecule has 2 heterocycles. The number of hydrogen-bond acceptors (Lipinski definition) is 3. The second-order valence-electron chi connectivity index (χ2n) is 9.20. The third kappa shape index (κ3) is 5.81. The molecule has 2 unspecified atom stereocenters. The van der Waals surface area contributed by atoms with E-state index in [0.717, 1.165) is 45.7 Å². The van der Waals surface area contributed by atoms with Crippen LogP contribution >= 0.6 is 0 Å². The molecule has 0 aliphatic carbocycles. The topological polar surface area (TPSA) is 26.7 Å². The number of allylic oxidation sites excluding steroid dienone is 2. The lowest BCUT2D eigenvalue weighted by molar-refractivity contribution is 0.0132. The van der Waals surface area contributed by atoms with Gasteiger partial charge in [0, 0.05) is 32.1 Å². The SMILES string of the molecule is C/C=C(\C=C/CCC)CN1CC(C(C)O)C2(CCN(Cc3ccccc3)CC2)C1. The first-order valence-electron chi connectivity index (χ1n) is 11.5. The molecule has 0 bridgehead atoms. The number of hydrogen-bond donors (Lipinski definition) is 1. The average Bonchev–Trinajstić information content (AvgIpc) is 3.08. The van der Waals surface area contributed by atoms with Gasteiger partial charge in [-0.25, -0.2) is 0 Å². The summed E-state index contributed by atoms with van der Waals surface area (Å²) in [6, 6.07) is 10.8. The number of piperidine rings is 1. The zero-order valence-corrected chi connectivity index (χ0v) is 18.7. The van der Waals surface area contributed by atoms with Crippen LogP contribution in [-0.4, -0.2) is 53.7 Å². The van der Waals surface area contributed by atoms with Crippen LogP contribution in [0.1, 0.15) is 52.0 Å². The molecule has 0 saturated carbocycles. The van der Waals surface area contributed by atoms with Crippen molar-refractivity contribution in [1.82, 2.24) is 9.80 Å². The fourth-order valence-electron chi connectivity index (χ4n) is 5.31. The van der Waals surface area contributed by atoms with Crippen molar-refractivity contribution in [1.29, 1.82) is 0 Å². The van der Waals surface area contributed by atoms with E-state index in [4.69, 9.17) is 0 Å². The standard InChI is InChI=1S/C26H40N2O/c1-4-6-8-11-23(5-2)18-28-20-25(22(3)29)26(21-28)14-16-27(17-15-26)19-24-12-9-7-10-13-24/h5,7-13,22,25,29H,4,6,14-21H2,1-3H3/b11-8-,23-5+. The van der Waals surface area contributed by atoms with Crippen molar-refractivity contribution in [2.24, 2.45) is 11.3 Å². The number of likely N-dealkylation sites (tertiary alicyclic amines) is 2. The van der Waals surface area contributed by atoms with E-state index in [0.29, 0.717) is 5.92 Å². The van der Waals surface area contributed by atoms with Gasteiger partial charge in [-0.3, -0.25) is 9.80 Å². The molecule has 3 nitrogen and oxygen atoms in total. The first-order chi connectivity index (χ1) is 14.1. The molecule has 1 aromatic rings. The Balaban J connectivity index is 1.61. The summed E-state index contributed by atoms with van der Waals surface area (Å²) >= 11 is 0. The summed E-state index contributed by atoms with van der Waals surface area (Å²) in [4.78, 5) is 5.18. The number of benzene rings is 1. The normalized spacial score (nSPS) is 24.6. The average molecular weight is 397 g/mol. The minimum atomic E-state index is -0.231. The molecule has 1 N–H and O–H groups in total. The van der Waals surface area contributed by atoms with Crippen LogP contribution in [0.2, 0.25) is 0 Å². The highest BCUT2D eigenvalue weighted by atomic mass is 16.3. The summed E-state index contributed by atoms with van der Waals surface area (Å²) in [5.74, 6) is 0.388. The molecule has 0 amide bonds. The first kappa shape index (κ1) is 22.3. The Hall–Kier alpha value is -1.42. The summed E-state index contributed by atoms with van der Waals surface area (Å²) in [7, 11) is 0. The zero-order chi connectivity index (χ0) is 20.7. The van der Waals surface area contributed by atoms with Crippen LogP contribution in [0.15, 0.2) is 54.1 Å². The van der Waals surface area contributed by atoms with Crippen molar-refractivity contribution < 1.29 is 5.11 Å². The number of aliphatic hydroxyl groups is 1. The smallest absolute Gasteiger partial charge is 0.0558 e. The number of rotatable bonds is 8. The lowest BCUT2D eigenvalue weighted by Crippen LogP contribution is -2.46. The van der Waals surface area contributed by atoms with Crippen molar-refractivity contribution in [3.63, 3.8) is 0 Å². The summed E-state index contributed by atoms with van der Waals surface area (Å²) in [6.45, 7) is 12.9. The van der Waals surface area contributed by atoms with E-state index >= 15 is 0 Å². The van der Waals surface area contributed by atoms with Crippen molar-refractivity contribution in [3.8, 4) is 0 Å². The van der Waals surface area contributed by atoms with Crippen molar-refractivity contribution >= 4 is 0 Å². The van der Waals surface area contributed by atoms with E-state index in [1.165, 1.54) is 30.4 Å². The maximum absolute atomic E-state index is 10.6. The third-order valence-electron chi connectivity index (χ3n) is 7.03. The molecule has 160 valence electrons. The predicted octanol–water partition coefficient (Wildman–Crippen LogP) is 4.88. The maximum atomic E-state index is 10.6. The summed E-state index contributed by atoms with van der Waals surface area (Å²) in [5, 5.41) is 10.6. The van der Waals surface area contributed by atoms with Gasteiger partial charge in [-0.15, -0.1) is 0 Å². The van der Waals surface area contributed by atoms with Crippen LogP contribution in [0.25, 0.3) is 0 Å². The largest absolute Gasteiger partial charge is 0.393 e. The van der Waals surface area contributed by atoms with Crippen LogP contribution < -0.4 is 0 Å². The molecule has 1 spiro atoms. The van der Waals surface area contributed by atoms with Crippen LogP contribution in [0.4, 0.5) is 0 Å². The zero-order valence-electron chi connectivity index (χ0n) is 18.7. The summed E-state index contributed by atoms with van der Waals surface area (Å²) in [5.41, 5.74) is 3.08. The van der Waals surface area contributed by atoms with E-state index in [1.54, 1.807) is 0 Å². The van der Waals surface area contributed by atoms with E-state index in [1.807, 2.05) is 6.92 Å².